The van der Waals surface area contributed by atoms with Crippen LogP contribution < -0.4 is 4.72 Å². The van der Waals surface area contributed by atoms with Gasteiger partial charge < -0.3 is 9.80 Å². The first-order valence-corrected chi connectivity index (χ1v) is 14.7. The highest BCUT2D eigenvalue weighted by Gasteiger charge is 2.34. The molecule has 2 amide bonds. The van der Waals surface area contributed by atoms with Crippen LogP contribution in [0.5, 0.6) is 0 Å². The molecule has 0 spiro atoms. The number of benzene rings is 3. The molecule has 0 unspecified atom stereocenters. The Morgan fingerprint density at radius 3 is 2.39 bits per heavy atom. The van der Waals surface area contributed by atoms with Gasteiger partial charge in [0.1, 0.15) is 6.04 Å². The summed E-state index contributed by atoms with van der Waals surface area (Å²) < 4.78 is 28.8. The van der Waals surface area contributed by atoms with Crippen LogP contribution in [0.2, 0.25) is 5.02 Å². The average molecular weight is 555 g/mol. The summed E-state index contributed by atoms with van der Waals surface area (Å²) in [7, 11) is -3.93. The van der Waals surface area contributed by atoms with Crippen molar-refractivity contribution in [2.75, 3.05) is 39.3 Å². The van der Waals surface area contributed by atoms with Crippen LogP contribution in [0.4, 0.5) is 0 Å². The Balaban J connectivity index is 1.17. The zero-order chi connectivity index (χ0) is 26.7. The first kappa shape index (κ1) is 26.6. The van der Waals surface area contributed by atoms with E-state index in [0.29, 0.717) is 37.5 Å². The van der Waals surface area contributed by atoms with Crippen molar-refractivity contribution in [3.63, 3.8) is 0 Å². The third-order valence-corrected chi connectivity index (χ3v) is 8.92. The van der Waals surface area contributed by atoms with E-state index >= 15 is 0 Å². The number of piperazine rings is 1. The summed E-state index contributed by atoms with van der Waals surface area (Å²) >= 11 is 6.03. The maximum Gasteiger partial charge on any atom is 0.242 e. The summed E-state index contributed by atoms with van der Waals surface area (Å²) in [6.07, 6.45) is 1.01. The maximum absolute atomic E-state index is 13.2. The van der Waals surface area contributed by atoms with Gasteiger partial charge in [0, 0.05) is 44.3 Å². The van der Waals surface area contributed by atoms with E-state index in [2.05, 4.69) is 21.8 Å². The summed E-state index contributed by atoms with van der Waals surface area (Å²) in [5.74, 6) is -0.460. The van der Waals surface area contributed by atoms with Gasteiger partial charge in [-0.15, -0.1) is 0 Å². The standard InChI is InChI=1S/C28H31ClN4O4S/c29-24-10-8-23-18-25(11-9-22(23)17-24)38(36,37)30-26-7-4-12-33(28(26)35)20-27(34)32-15-13-31(14-16-32)19-21-5-2-1-3-6-21/h1-3,5-6,8-11,17-18,26,30H,4,7,12-16,19-20H2/t26-/m0/s1. The second-order valence-electron chi connectivity index (χ2n) is 9.87. The first-order valence-electron chi connectivity index (χ1n) is 12.8. The van der Waals surface area contributed by atoms with E-state index in [4.69, 9.17) is 11.6 Å². The molecule has 2 aliphatic rings. The van der Waals surface area contributed by atoms with E-state index in [0.717, 1.165) is 30.4 Å². The van der Waals surface area contributed by atoms with Crippen molar-refractivity contribution in [3.8, 4) is 0 Å². The van der Waals surface area contributed by atoms with Gasteiger partial charge in [-0.2, -0.15) is 4.72 Å². The largest absolute Gasteiger partial charge is 0.339 e. The molecule has 3 aromatic carbocycles. The SMILES string of the molecule is O=C(CN1CCC[C@H](NS(=O)(=O)c2ccc3cc(Cl)ccc3c2)C1=O)N1CCN(Cc2ccccc2)CC1. The highest BCUT2D eigenvalue weighted by atomic mass is 35.5. The monoisotopic (exact) mass is 554 g/mol. The molecule has 0 saturated carbocycles. The summed E-state index contributed by atoms with van der Waals surface area (Å²) in [6.45, 7) is 4.01. The smallest absolute Gasteiger partial charge is 0.242 e. The predicted octanol–water partition coefficient (Wildman–Crippen LogP) is 3.11. The van der Waals surface area contributed by atoms with Gasteiger partial charge in [-0.1, -0.05) is 54.1 Å². The van der Waals surface area contributed by atoms with Crippen LogP contribution in [-0.2, 0) is 26.2 Å². The minimum Gasteiger partial charge on any atom is -0.339 e. The summed E-state index contributed by atoms with van der Waals surface area (Å²) in [5.41, 5.74) is 1.24. The lowest BCUT2D eigenvalue weighted by atomic mass is 10.1. The zero-order valence-corrected chi connectivity index (χ0v) is 22.6. The van der Waals surface area contributed by atoms with Crippen LogP contribution in [0, 0.1) is 0 Å². The molecule has 10 heteroatoms. The lowest BCUT2D eigenvalue weighted by Crippen LogP contribution is -2.56. The number of fused-ring (bicyclic) bond motifs is 1. The van der Waals surface area contributed by atoms with E-state index < -0.39 is 16.1 Å². The van der Waals surface area contributed by atoms with E-state index in [-0.39, 0.29) is 23.3 Å². The predicted molar refractivity (Wildman–Crippen MR) is 147 cm³/mol. The van der Waals surface area contributed by atoms with Gasteiger partial charge in [0.2, 0.25) is 21.8 Å². The van der Waals surface area contributed by atoms with Crippen LogP contribution in [0.25, 0.3) is 10.8 Å². The minimum absolute atomic E-state index is 0.0352. The summed E-state index contributed by atoms with van der Waals surface area (Å²) in [6, 6.07) is 19.3. The number of halogens is 1. The van der Waals surface area contributed by atoms with Gasteiger partial charge in [-0.25, -0.2) is 8.42 Å². The molecule has 200 valence electrons. The second kappa shape index (κ2) is 11.4. The normalized spacial score (nSPS) is 19.2. The van der Waals surface area contributed by atoms with Gasteiger partial charge >= 0.3 is 0 Å². The Morgan fingerprint density at radius 1 is 0.921 bits per heavy atom. The number of likely N-dealkylation sites (tertiary alicyclic amines) is 1. The molecule has 2 aliphatic heterocycles. The molecule has 2 heterocycles. The molecular weight excluding hydrogens is 524 g/mol. The number of hydrogen-bond donors (Lipinski definition) is 1. The van der Waals surface area contributed by atoms with Crippen LogP contribution in [0.1, 0.15) is 18.4 Å². The molecule has 1 N–H and O–H groups in total. The van der Waals surface area contributed by atoms with Crippen LogP contribution >= 0.6 is 11.6 Å². The van der Waals surface area contributed by atoms with Crippen LogP contribution in [-0.4, -0.2) is 80.2 Å². The Kier molecular flexibility index (Phi) is 7.99. The average Bonchev–Trinajstić information content (AvgIpc) is 2.91. The van der Waals surface area contributed by atoms with Gasteiger partial charge in [-0.05, 0) is 53.4 Å². The fourth-order valence-corrected chi connectivity index (χ4v) is 6.52. The van der Waals surface area contributed by atoms with Crippen molar-refractivity contribution in [2.45, 2.75) is 30.3 Å². The molecule has 0 bridgehead atoms. The Morgan fingerprint density at radius 2 is 1.63 bits per heavy atom. The van der Waals surface area contributed by atoms with Crippen LogP contribution in [0.15, 0.2) is 71.6 Å². The number of carbonyl (C=O) groups excluding carboxylic acids is 2. The van der Waals surface area contributed by atoms with E-state index in [1.165, 1.54) is 16.5 Å². The number of amides is 2. The summed E-state index contributed by atoms with van der Waals surface area (Å²) in [4.78, 5) is 31.8. The molecule has 8 nitrogen and oxygen atoms in total. The number of hydrogen-bond acceptors (Lipinski definition) is 5. The number of sulfonamides is 1. The molecule has 0 aromatic heterocycles. The Hall–Kier alpha value is -2.98. The van der Waals surface area contributed by atoms with Crippen LogP contribution in [0.3, 0.4) is 0 Å². The van der Waals surface area contributed by atoms with Crippen molar-refractivity contribution in [2.24, 2.45) is 0 Å². The van der Waals surface area contributed by atoms with Crippen molar-refractivity contribution < 1.29 is 18.0 Å². The van der Waals surface area contributed by atoms with Crippen molar-refractivity contribution in [1.29, 1.82) is 0 Å². The molecule has 0 radical (unpaired) electrons. The highest BCUT2D eigenvalue weighted by molar-refractivity contribution is 7.89. The van der Waals surface area contributed by atoms with Gasteiger partial charge in [0.15, 0.2) is 0 Å². The molecule has 38 heavy (non-hydrogen) atoms. The molecule has 2 fully saturated rings. The molecule has 5 rings (SSSR count). The minimum atomic E-state index is -3.93. The number of carbonyl (C=O) groups is 2. The zero-order valence-electron chi connectivity index (χ0n) is 21.1. The molecule has 0 aliphatic carbocycles. The van der Waals surface area contributed by atoms with Crippen molar-refractivity contribution in [1.82, 2.24) is 19.4 Å². The number of nitrogens with one attached hydrogen (secondary N) is 1. The lowest BCUT2D eigenvalue weighted by Gasteiger charge is -2.37. The first-order chi connectivity index (χ1) is 18.3. The third kappa shape index (κ3) is 6.18. The maximum atomic E-state index is 13.2. The Labute approximate surface area is 228 Å². The number of rotatable bonds is 7. The van der Waals surface area contributed by atoms with Crippen molar-refractivity contribution in [3.05, 3.63) is 77.3 Å². The fraction of sp³-hybridized carbons (Fsp3) is 0.357. The van der Waals surface area contributed by atoms with E-state index in [1.54, 1.807) is 35.2 Å². The number of piperidine rings is 1. The fourth-order valence-electron chi connectivity index (χ4n) is 5.08. The molecule has 2 saturated heterocycles. The summed E-state index contributed by atoms with van der Waals surface area (Å²) in [5, 5.41) is 2.14. The Bertz CT molecular complexity index is 1430. The lowest BCUT2D eigenvalue weighted by molar-refractivity contribution is -0.144. The van der Waals surface area contributed by atoms with E-state index in [1.807, 2.05) is 18.2 Å². The van der Waals surface area contributed by atoms with Crippen molar-refractivity contribution >= 4 is 44.2 Å². The van der Waals surface area contributed by atoms with Gasteiger partial charge in [0.05, 0.1) is 11.4 Å². The molecular formula is C28H31ClN4O4S. The number of nitrogens with zero attached hydrogens (tertiary/aromatic N) is 3. The molecule has 3 aromatic rings. The third-order valence-electron chi connectivity index (χ3n) is 7.21. The van der Waals surface area contributed by atoms with E-state index in [9.17, 15) is 18.0 Å². The highest BCUT2D eigenvalue weighted by Crippen LogP contribution is 2.23. The quantitative estimate of drug-likeness (QED) is 0.485. The van der Waals surface area contributed by atoms with Gasteiger partial charge in [-0.3, -0.25) is 14.5 Å². The molecule has 1 atom stereocenters. The topological polar surface area (TPSA) is 90.0 Å². The second-order valence-corrected chi connectivity index (χ2v) is 12.0. The van der Waals surface area contributed by atoms with Gasteiger partial charge in [0.25, 0.3) is 0 Å².